The van der Waals surface area contributed by atoms with E-state index in [2.05, 4.69) is 10.5 Å². The third-order valence-electron chi connectivity index (χ3n) is 5.64. The number of carbonyl (C=O) groups is 3. The van der Waals surface area contributed by atoms with Gasteiger partial charge in [-0.2, -0.15) is 5.10 Å². The van der Waals surface area contributed by atoms with Gasteiger partial charge in [0.25, 0.3) is 5.91 Å². The summed E-state index contributed by atoms with van der Waals surface area (Å²) < 4.78 is 4.82. The van der Waals surface area contributed by atoms with E-state index < -0.39 is 29.3 Å². The molecule has 0 unspecified atom stereocenters. The molecule has 0 radical (unpaired) electrons. The zero-order valence-corrected chi connectivity index (χ0v) is 22.0. The zero-order chi connectivity index (χ0) is 26.4. The van der Waals surface area contributed by atoms with Gasteiger partial charge in [-0.05, 0) is 42.7 Å². The third kappa shape index (κ3) is 6.06. The lowest BCUT2D eigenvalue weighted by Crippen LogP contribution is -2.45. The van der Waals surface area contributed by atoms with Crippen LogP contribution in [-0.2, 0) is 14.3 Å². The number of benzene rings is 2. The molecule has 2 aromatic carbocycles. The van der Waals surface area contributed by atoms with E-state index in [0.717, 1.165) is 5.56 Å². The van der Waals surface area contributed by atoms with E-state index in [9.17, 15) is 14.4 Å². The fraction of sp³-hybridized carbons (Fsp3) is 0.308. The first-order chi connectivity index (χ1) is 17.1. The molecule has 0 aromatic heterocycles. The number of rotatable bonds is 8. The molecule has 1 saturated heterocycles. The minimum absolute atomic E-state index is 0.139. The highest BCUT2D eigenvalue weighted by Crippen LogP contribution is 2.32. The number of carbonyl (C=O) groups excluding carboxylic acids is 3. The molecule has 190 valence electrons. The van der Waals surface area contributed by atoms with Crippen molar-refractivity contribution in [3.63, 3.8) is 0 Å². The van der Waals surface area contributed by atoms with Gasteiger partial charge in [-0.15, -0.1) is 0 Å². The quantitative estimate of drug-likeness (QED) is 0.299. The Morgan fingerprint density at radius 3 is 2.53 bits per heavy atom. The number of anilines is 1. The van der Waals surface area contributed by atoms with Gasteiger partial charge >= 0.3 is 5.97 Å². The smallest absolute Gasteiger partial charge is 0.370 e. The largest absolute Gasteiger partial charge is 0.461 e. The molecule has 0 bridgehead atoms. The van der Waals surface area contributed by atoms with Crippen molar-refractivity contribution in [1.82, 2.24) is 9.80 Å². The number of amides is 2. The third-order valence-corrected chi connectivity index (χ3v) is 6.11. The van der Waals surface area contributed by atoms with Crippen molar-refractivity contribution in [2.75, 3.05) is 19.1 Å². The van der Waals surface area contributed by atoms with Gasteiger partial charge in [-0.1, -0.05) is 73.5 Å². The van der Waals surface area contributed by atoms with Crippen LogP contribution in [0.5, 0.6) is 0 Å². The Hall–Kier alpha value is -3.36. The minimum Gasteiger partial charge on any atom is -0.461 e. The lowest BCUT2D eigenvalue weighted by Gasteiger charge is -2.30. The van der Waals surface area contributed by atoms with E-state index in [1.807, 2.05) is 56.3 Å². The summed E-state index contributed by atoms with van der Waals surface area (Å²) in [4.78, 5) is 42.0. The molecule has 0 saturated carbocycles. The van der Waals surface area contributed by atoms with Crippen LogP contribution in [0, 0.1) is 5.92 Å². The van der Waals surface area contributed by atoms with Crippen LogP contribution < -0.4 is 5.43 Å². The fourth-order valence-corrected chi connectivity index (χ4v) is 4.19. The van der Waals surface area contributed by atoms with Gasteiger partial charge in [-0.25, -0.2) is 4.79 Å². The van der Waals surface area contributed by atoms with Crippen molar-refractivity contribution in [3.05, 3.63) is 70.8 Å². The SMILES string of the molecule is CCOC(=O)/C(Cl)=N\Nc1ccc(Cl)cc1C(=O)N1[C@@H](C(C)C)C(=O)N(C)[C@H]1/C=C/c1ccccc1. The summed E-state index contributed by atoms with van der Waals surface area (Å²) in [6.07, 6.45) is 3.06. The Morgan fingerprint density at radius 1 is 1.19 bits per heavy atom. The summed E-state index contributed by atoms with van der Waals surface area (Å²) >= 11 is 12.1. The Balaban J connectivity index is 2.01. The molecule has 0 spiro atoms. The summed E-state index contributed by atoms with van der Waals surface area (Å²) in [5.41, 5.74) is 4.03. The molecule has 1 N–H and O–H groups in total. The van der Waals surface area contributed by atoms with Crippen molar-refractivity contribution in [1.29, 1.82) is 0 Å². The first kappa shape index (κ1) is 27.2. The number of nitrogens with zero attached hydrogens (tertiary/aromatic N) is 3. The zero-order valence-electron chi connectivity index (χ0n) is 20.4. The number of halogens is 2. The second-order valence-corrected chi connectivity index (χ2v) is 9.25. The van der Waals surface area contributed by atoms with Gasteiger partial charge in [0, 0.05) is 12.1 Å². The highest BCUT2D eigenvalue weighted by molar-refractivity contribution is 6.82. The number of hydrogen-bond donors (Lipinski definition) is 1. The normalized spacial score (nSPS) is 18.3. The molecule has 1 aliphatic heterocycles. The average molecular weight is 531 g/mol. The standard InChI is InChI=1S/C26H28Cl2N4O4/c1-5-36-26(35)23(28)30-29-20-13-12-18(27)15-19(20)24(33)32-21(14-11-17-9-7-6-8-10-17)31(4)25(34)22(32)16(2)3/h6-16,21-22,29H,5H2,1-4H3/b14-11+,30-23+/t21-,22+/m1/s1. The summed E-state index contributed by atoms with van der Waals surface area (Å²) in [6, 6.07) is 13.5. The Labute approximate surface area is 220 Å². The molecule has 2 aromatic rings. The molecular formula is C26H28Cl2N4O4. The van der Waals surface area contributed by atoms with Gasteiger partial charge in [0.05, 0.1) is 17.9 Å². The first-order valence-electron chi connectivity index (χ1n) is 11.4. The van der Waals surface area contributed by atoms with E-state index in [-0.39, 0.29) is 29.7 Å². The number of likely N-dealkylation sites (N-methyl/N-ethyl adjacent to an activating group) is 1. The molecule has 3 rings (SSSR count). The molecule has 10 heteroatoms. The number of hydrazone groups is 1. The molecule has 8 nitrogen and oxygen atoms in total. The van der Waals surface area contributed by atoms with E-state index in [4.69, 9.17) is 27.9 Å². The minimum atomic E-state index is -0.800. The van der Waals surface area contributed by atoms with Crippen LogP contribution in [0.4, 0.5) is 5.69 Å². The van der Waals surface area contributed by atoms with Crippen LogP contribution in [0.15, 0.2) is 59.7 Å². The van der Waals surface area contributed by atoms with Crippen LogP contribution in [0.1, 0.15) is 36.7 Å². The number of hydrogen-bond acceptors (Lipinski definition) is 6. The van der Waals surface area contributed by atoms with E-state index in [0.29, 0.717) is 5.02 Å². The summed E-state index contributed by atoms with van der Waals surface area (Å²) in [5.74, 6) is -1.54. The maximum absolute atomic E-state index is 14.0. The Kier molecular flexibility index (Phi) is 9.12. The summed E-state index contributed by atoms with van der Waals surface area (Å²) in [7, 11) is 1.67. The van der Waals surface area contributed by atoms with Crippen LogP contribution >= 0.6 is 23.2 Å². The monoisotopic (exact) mass is 530 g/mol. The second-order valence-electron chi connectivity index (χ2n) is 8.46. The highest BCUT2D eigenvalue weighted by atomic mass is 35.5. The molecular weight excluding hydrogens is 503 g/mol. The Bertz CT molecular complexity index is 1180. The van der Waals surface area contributed by atoms with Gasteiger partial charge in [0.2, 0.25) is 11.1 Å². The lowest BCUT2D eigenvalue weighted by atomic mass is 10.0. The highest BCUT2D eigenvalue weighted by Gasteiger charge is 2.47. The first-order valence-corrected chi connectivity index (χ1v) is 12.2. The predicted molar refractivity (Wildman–Crippen MR) is 142 cm³/mol. The van der Waals surface area contributed by atoms with E-state index >= 15 is 0 Å². The number of ether oxygens (including phenoxy) is 1. The summed E-state index contributed by atoms with van der Waals surface area (Å²) in [5, 5.41) is 3.74. The van der Waals surface area contributed by atoms with Gasteiger partial charge in [0.1, 0.15) is 12.2 Å². The number of nitrogens with one attached hydrogen (secondary N) is 1. The van der Waals surface area contributed by atoms with Crippen molar-refractivity contribution < 1.29 is 19.1 Å². The molecule has 2 atom stereocenters. The van der Waals surface area contributed by atoms with Crippen LogP contribution in [-0.4, -0.2) is 58.6 Å². The summed E-state index contributed by atoms with van der Waals surface area (Å²) in [6.45, 7) is 5.56. The molecule has 2 amide bonds. The maximum atomic E-state index is 14.0. The van der Waals surface area contributed by atoms with Crippen molar-refractivity contribution in [3.8, 4) is 0 Å². The molecule has 1 fully saturated rings. The van der Waals surface area contributed by atoms with Gasteiger partial charge < -0.3 is 14.5 Å². The van der Waals surface area contributed by atoms with Gasteiger partial charge in [0.15, 0.2) is 0 Å². The molecule has 1 aliphatic rings. The topological polar surface area (TPSA) is 91.3 Å². The molecule has 36 heavy (non-hydrogen) atoms. The maximum Gasteiger partial charge on any atom is 0.370 e. The molecule has 1 heterocycles. The average Bonchev–Trinajstić information content (AvgIpc) is 3.11. The number of esters is 1. The second kappa shape index (κ2) is 12.1. The lowest BCUT2D eigenvalue weighted by molar-refractivity contribution is -0.134. The van der Waals surface area contributed by atoms with Crippen molar-refractivity contribution >= 4 is 57.9 Å². The van der Waals surface area contributed by atoms with Crippen LogP contribution in [0.3, 0.4) is 0 Å². The Morgan fingerprint density at radius 2 is 1.89 bits per heavy atom. The van der Waals surface area contributed by atoms with E-state index in [1.54, 1.807) is 35.9 Å². The van der Waals surface area contributed by atoms with Crippen molar-refractivity contribution in [2.24, 2.45) is 11.0 Å². The fourth-order valence-electron chi connectivity index (χ4n) is 3.92. The van der Waals surface area contributed by atoms with Crippen LogP contribution in [0.2, 0.25) is 5.02 Å². The van der Waals surface area contributed by atoms with Crippen molar-refractivity contribution in [2.45, 2.75) is 33.0 Å². The predicted octanol–water partition coefficient (Wildman–Crippen LogP) is 4.85. The molecule has 0 aliphatic carbocycles. The van der Waals surface area contributed by atoms with Crippen LogP contribution in [0.25, 0.3) is 6.08 Å². The van der Waals surface area contributed by atoms with Gasteiger partial charge in [-0.3, -0.25) is 15.0 Å². The van der Waals surface area contributed by atoms with E-state index in [1.165, 1.54) is 6.07 Å².